The SMILES string of the molecule is CC(C)Oc1ccc(C(=O)CCC2CCCCC2)cc1. The molecule has 0 atom stereocenters. The number of carbonyl (C=O) groups excluding carboxylic acids is 1. The molecule has 0 N–H and O–H groups in total. The van der Waals surface area contributed by atoms with Crippen LogP contribution < -0.4 is 4.74 Å². The number of hydrogen-bond donors (Lipinski definition) is 0. The van der Waals surface area contributed by atoms with E-state index in [1.807, 2.05) is 38.1 Å². The van der Waals surface area contributed by atoms with Gasteiger partial charge in [0.2, 0.25) is 0 Å². The van der Waals surface area contributed by atoms with Gasteiger partial charge in [-0.1, -0.05) is 32.1 Å². The number of hydrogen-bond acceptors (Lipinski definition) is 2. The maximum Gasteiger partial charge on any atom is 0.162 e. The van der Waals surface area contributed by atoms with Crippen molar-refractivity contribution in [2.24, 2.45) is 5.92 Å². The van der Waals surface area contributed by atoms with Gasteiger partial charge >= 0.3 is 0 Å². The first kappa shape index (κ1) is 15.1. The van der Waals surface area contributed by atoms with Crippen LogP contribution in [0.3, 0.4) is 0 Å². The molecule has 0 unspecified atom stereocenters. The average molecular weight is 274 g/mol. The van der Waals surface area contributed by atoms with E-state index in [1.54, 1.807) is 0 Å². The molecule has 2 rings (SSSR count). The number of ether oxygens (including phenoxy) is 1. The molecule has 1 aliphatic rings. The highest BCUT2D eigenvalue weighted by molar-refractivity contribution is 5.96. The van der Waals surface area contributed by atoms with E-state index in [-0.39, 0.29) is 11.9 Å². The topological polar surface area (TPSA) is 26.3 Å². The van der Waals surface area contributed by atoms with Crippen LogP contribution in [0.1, 0.15) is 69.2 Å². The van der Waals surface area contributed by atoms with Gasteiger partial charge in [-0.25, -0.2) is 0 Å². The molecule has 110 valence electrons. The summed E-state index contributed by atoms with van der Waals surface area (Å²) >= 11 is 0. The van der Waals surface area contributed by atoms with Gasteiger partial charge in [-0.15, -0.1) is 0 Å². The van der Waals surface area contributed by atoms with Crippen LogP contribution in [0.2, 0.25) is 0 Å². The van der Waals surface area contributed by atoms with Gasteiger partial charge in [-0.2, -0.15) is 0 Å². The van der Waals surface area contributed by atoms with Gasteiger partial charge in [0.1, 0.15) is 5.75 Å². The van der Waals surface area contributed by atoms with E-state index in [1.165, 1.54) is 32.1 Å². The smallest absolute Gasteiger partial charge is 0.162 e. The van der Waals surface area contributed by atoms with E-state index in [9.17, 15) is 4.79 Å². The van der Waals surface area contributed by atoms with Crippen LogP contribution in [-0.2, 0) is 0 Å². The second kappa shape index (κ2) is 7.47. The summed E-state index contributed by atoms with van der Waals surface area (Å²) in [5.41, 5.74) is 0.817. The minimum absolute atomic E-state index is 0.169. The number of carbonyl (C=O) groups is 1. The molecule has 0 heterocycles. The maximum atomic E-state index is 12.2. The van der Waals surface area contributed by atoms with Crippen molar-refractivity contribution in [3.8, 4) is 5.75 Å². The zero-order valence-corrected chi connectivity index (χ0v) is 12.7. The first-order chi connectivity index (χ1) is 9.65. The van der Waals surface area contributed by atoms with Gasteiger partial charge in [0.05, 0.1) is 6.10 Å². The predicted octanol–water partition coefficient (Wildman–Crippen LogP) is 5.02. The molecule has 2 nitrogen and oxygen atoms in total. The quantitative estimate of drug-likeness (QED) is 0.681. The second-order valence-corrected chi connectivity index (χ2v) is 6.16. The Bertz CT molecular complexity index is 414. The fourth-order valence-electron chi connectivity index (χ4n) is 2.95. The van der Waals surface area contributed by atoms with Crippen LogP contribution in [0.15, 0.2) is 24.3 Å². The molecule has 1 saturated carbocycles. The Morgan fingerprint density at radius 1 is 1.15 bits per heavy atom. The van der Waals surface area contributed by atoms with Gasteiger partial charge < -0.3 is 4.74 Å². The average Bonchev–Trinajstić information content (AvgIpc) is 2.46. The highest BCUT2D eigenvalue weighted by Gasteiger charge is 2.15. The Morgan fingerprint density at radius 2 is 1.80 bits per heavy atom. The van der Waals surface area contributed by atoms with Crippen LogP contribution in [0.4, 0.5) is 0 Å². The van der Waals surface area contributed by atoms with Gasteiger partial charge in [-0.05, 0) is 50.5 Å². The van der Waals surface area contributed by atoms with E-state index in [0.29, 0.717) is 6.42 Å². The number of rotatable bonds is 6. The van der Waals surface area contributed by atoms with Gasteiger partial charge in [-0.3, -0.25) is 4.79 Å². The summed E-state index contributed by atoms with van der Waals surface area (Å²) in [6.45, 7) is 4.01. The van der Waals surface area contributed by atoms with E-state index in [0.717, 1.165) is 23.7 Å². The Labute approximate surface area is 122 Å². The molecule has 1 aromatic carbocycles. The fourth-order valence-corrected chi connectivity index (χ4v) is 2.95. The summed E-state index contributed by atoms with van der Waals surface area (Å²) in [4.78, 5) is 12.2. The molecule has 1 fully saturated rings. The van der Waals surface area contributed by atoms with E-state index < -0.39 is 0 Å². The predicted molar refractivity (Wildman–Crippen MR) is 82.3 cm³/mol. The third-order valence-electron chi connectivity index (χ3n) is 4.05. The monoisotopic (exact) mass is 274 g/mol. The lowest BCUT2D eigenvalue weighted by atomic mass is 9.85. The highest BCUT2D eigenvalue weighted by atomic mass is 16.5. The molecular weight excluding hydrogens is 248 g/mol. The molecule has 20 heavy (non-hydrogen) atoms. The summed E-state index contributed by atoms with van der Waals surface area (Å²) < 4.78 is 5.59. The lowest BCUT2D eigenvalue weighted by Crippen LogP contribution is -2.09. The highest BCUT2D eigenvalue weighted by Crippen LogP contribution is 2.28. The van der Waals surface area contributed by atoms with Gasteiger partial charge in [0, 0.05) is 12.0 Å². The van der Waals surface area contributed by atoms with Crippen LogP contribution in [0, 0.1) is 5.92 Å². The maximum absolute atomic E-state index is 12.2. The Balaban J connectivity index is 1.82. The van der Waals surface area contributed by atoms with E-state index >= 15 is 0 Å². The molecule has 0 aromatic heterocycles. The normalized spacial score (nSPS) is 16.4. The lowest BCUT2D eigenvalue weighted by Gasteiger charge is -2.20. The first-order valence-corrected chi connectivity index (χ1v) is 7.95. The van der Waals surface area contributed by atoms with Gasteiger partial charge in [0.15, 0.2) is 5.78 Å². The van der Waals surface area contributed by atoms with Gasteiger partial charge in [0.25, 0.3) is 0 Å². The van der Waals surface area contributed by atoms with Crippen molar-refractivity contribution in [2.75, 3.05) is 0 Å². The third kappa shape index (κ3) is 4.66. The standard InChI is InChI=1S/C18H26O2/c1-14(2)20-17-11-9-16(10-12-17)18(19)13-8-15-6-4-3-5-7-15/h9-12,14-15H,3-8,13H2,1-2H3. The summed E-state index contributed by atoms with van der Waals surface area (Å²) in [5, 5.41) is 0. The number of benzene rings is 1. The third-order valence-corrected chi connectivity index (χ3v) is 4.05. The molecule has 0 bridgehead atoms. The number of ketones is 1. The van der Waals surface area contributed by atoms with Crippen molar-refractivity contribution in [3.05, 3.63) is 29.8 Å². The molecule has 1 aliphatic carbocycles. The zero-order valence-electron chi connectivity index (χ0n) is 12.7. The molecule has 2 heteroatoms. The molecule has 0 aliphatic heterocycles. The van der Waals surface area contributed by atoms with Crippen molar-refractivity contribution in [1.29, 1.82) is 0 Å². The van der Waals surface area contributed by atoms with Crippen molar-refractivity contribution in [2.45, 2.75) is 64.9 Å². The Hall–Kier alpha value is -1.31. The minimum Gasteiger partial charge on any atom is -0.491 e. The first-order valence-electron chi connectivity index (χ1n) is 7.95. The summed E-state index contributed by atoms with van der Waals surface area (Å²) in [6.07, 6.45) is 8.62. The van der Waals surface area contributed by atoms with Crippen LogP contribution in [0.5, 0.6) is 5.75 Å². The summed E-state index contributed by atoms with van der Waals surface area (Å²) in [6, 6.07) is 7.57. The van der Waals surface area contributed by atoms with Crippen molar-refractivity contribution in [1.82, 2.24) is 0 Å². The Morgan fingerprint density at radius 3 is 2.40 bits per heavy atom. The van der Waals surface area contributed by atoms with Crippen molar-refractivity contribution < 1.29 is 9.53 Å². The van der Waals surface area contributed by atoms with Crippen LogP contribution in [-0.4, -0.2) is 11.9 Å². The molecular formula is C18H26O2. The number of Topliss-reactive ketones (excluding diaryl/α,β-unsaturated/α-hetero) is 1. The zero-order chi connectivity index (χ0) is 14.4. The van der Waals surface area contributed by atoms with E-state index in [4.69, 9.17) is 4.74 Å². The van der Waals surface area contributed by atoms with Crippen LogP contribution >= 0.6 is 0 Å². The van der Waals surface area contributed by atoms with E-state index in [2.05, 4.69) is 0 Å². The molecule has 0 saturated heterocycles. The molecule has 1 aromatic rings. The minimum atomic E-state index is 0.169. The largest absolute Gasteiger partial charge is 0.491 e. The molecule has 0 radical (unpaired) electrons. The second-order valence-electron chi connectivity index (χ2n) is 6.16. The molecule has 0 amide bonds. The van der Waals surface area contributed by atoms with Crippen molar-refractivity contribution in [3.63, 3.8) is 0 Å². The summed E-state index contributed by atoms with van der Waals surface area (Å²) in [5.74, 6) is 1.88. The fraction of sp³-hybridized carbons (Fsp3) is 0.611. The Kier molecular flexibility index (Phi) is 5.63. The van der Waals surface area contributed by atoms with Crippen molar-refractivity contribution >= 4 is 5.78 Å². The summed E-state index contributed by atoms with van der Waals surface area (Å²) in [7, 11) is 0. The van der Waals surface area contributed by atoms with Crippen LogP contribution in [0.25, 0.3) is 0 Å². The lowest BCUT2D eigenvalue weighted by molar-refractivity contribution is 0.0970. The molecule has 0 spiro atoms.